The van der Waals surface area contributed by atoms with Crippen LogP contribution >= 0.6 is 11.6 Å². The van der Waals surface area contributed by atoms with E-state index in [0.29, 0.717) is 5.82 Å². The predicted octanol–water partition coefficient (Wildman–Crippen LogP) is -1.60. The summed E-state index contributed by atoms with van der Waals surface area (Å²) in [5, 5.41) is 8.70. The zero-order valence-corrected chi connectivity index (χ0v) is 12.1. The van der Waals surface area contributed by atoms with Crippen LogP contribution in [0.1, 0.15) is 36.5 Å². The average Bonchev–Trinajstić information content (AvgIpc) is 2.91. The Labute approximate surface area is 135 Å². The van der Waals surface area contributed by atoms with Crippen molar-refractivity contribution < 1.29 is 62.7 Å². The summed E-state index contributed by atoms with van der Waals surface area (Å²) in [4.78, 5) is 18.6. The Balaban J connectivity index is 0.00000112. The van der Waals surface area contributed by atoms with Crippen LogP contribution in [0.25, 0.3) is 0 Å². The number of anilines is 1. The number of hydrogen-bond donors (Lipinski definition) is 2. The molecule has 0 saturated heterocycles. The van der Waals surface area contributed by atoms with E-state index in [2.05, 4.69) is 9.97 Å². The molecule has 0 radical (unpaired) electrons. The summed E-state index contributed by atoms with van der Waals surface area (Å²) < 4.78 is 0. The first-order valence-electron chi connectivity index (χ1n) is 4.15. The van der Waals surface area contributed by atoms with Gasteiger partial charge in [-0.2, -0.15) is 0 Å². The van der Waals surface area contributed by atoms with Gasteiger partial charge in [0, 0.05) is 5.92 Å². The van der Waals surface area contributed by atoms with Crippen molar-refractivity contribution >= 4 is 23.4 Å². The van der Waals surface area contributed by atoms with Crippen LogP contribution in [0, 0.1) is 0 Å². The molecule has 3 N–H and O–H groups in total. The summed E-state index contributed by atoms with van der Waals surface area (Å²) in [5.74, 6) is -0.385. The summed E-state index contributed by atoms with van der Waals surface area (Å²) >= 11 is 5.65. The van der Waals surface area contributed by atoms with Gasteiger partial charge >= 0.3 is 57.4 Å². The van der Waals surface area contributed by atoms with Crippen molar-refractivity contribution in [2.75, 3.05) is 5.73 Å². The van der Waals surface area contributed by atoms with E-state index in [1.165, 1.54) is 0 Å². The average molecular weight is 254 g/mol. The third kappa shape index (κ3) is 2.89. The van der Waals surface area contributed by atoms with Crippen LogP contribution in [0.5, 0.6) is 0 Å². The fourth-order valence-corrected chi connectivity index (χ4v) is 1.31. The molecule has 1 fully saturated rings. The molecule has 7 heteroatoms. The first-order valence-corrected chi connectivity index (χ1v) is 4.53. The quantitative estimate of drug-likeness (QED) is 0.620. The summed E-state index contributed by atoms with van der Waals surface area (Å²) in [6.45, 7) is 0. The van der Waals surface area contributed by atoms with E-state index >= 15 is 0 Å². The molecule has 0 aliphatic heterocycles. The molecule has 1 aliphatic carbocycles. The van der Waals surface area contributed by atoms with Crippen LogP contribution < -0.4 is 57.1 Å². The number of carbonyl (C=O) groups is 1. The second-order valence-electron chi connectivity index (χ2n) is 3.21. The molecule has 1 saturated carbocycles. The maximum absolute atomic E-state index is 10.7. The largest absolute Gasteiger partial charge is 1.00 e. The predicted molar refractivity (Wildman–Crippen MR) is 51.5 cm³/mol. The Morgan fingerprint density at radius 2 is 2.13 bits per heavy atom. The number of carboxylic acid groups (broad SMARTS) is 1. The molecule has 5 nitrogen and oxygen atoms in total. The molecule has 1 aliphatic rings. The number of rotatable bonds is 2. The van der Waals surface area contributed by atoms with E-state index in [1.54, 1.807) is 0 Å². The Bertz CT molecular complexity index is 415. The molecule has 0 amide bonds. The van der Waals surface area contributed by atoms with Crippen molar-refractivity contribution in [3.05, 3.63) is 16.5 Å². The van der Waals surface area contributed by atoms with Crippen molar-refractivity contribution in [2.45, 2.75) is 18.8 Å². The first-order chi connectivity index (χ1) is 6.59. The minimum absolute atomic E-state index is 0. The molecule has 15 heavy (non-hydrogen) atoms. The number of aromatic carboxylic acids is 1. The Morgan fingerprint density at radius 1 is 1.53 bits per heavy atom. The standard InChI is InChI=1S/C8H8ClN3O2.K.H/c9-4-5(8(13)14)11-7(3-1-2-3)12-6(4)10;;/h3H,1-2H2,(H,13,14)(H2,10,11,12);;/q;+1;-1. The summed E-state index contributed by atoms with van der Waals surface area (Å²) in [6.07, 6.45) is 1.97. The SMILES string of the molecule is Nc1nc(C2CC2)nc(C(=O)O)c1Cl.[H-].[K+]. The van der Waals surface area contributed by atoms with Gasteiger partial charge in [0.25, 0.3) is 0 Å². The van der Waals surface area contributed by atoms with Gasteiger partial charge < -0.3 is 12.3 Å². The van der Waals surface area contributed by atoms with E-state index < -0.39 is 5.97 Å². The fourth-order valence-electron chi connectivity index (χ4n) is 1.15. The van der Waals surface area contributed by atoms with Crippen LogP contribution in [0.4, 0.5) is 5.82 Å². The smallest absolute Gasteiger partial charge is 1.00 e. The fraction of sp³-hybridized carbons (Fsp3) is 0.375. The molecule has 2 rings (SSSR count). The minimum Gasteiger partial charge on any atom is -1.00 e. The van der Waals surface area contributed by atoms with Gasteiger partial charge in [-0.05, 0) is 12.8 Å². The van der Waals surface area contributed by atoms with Gasteiger partial charge in [-0.25, -0.2) is 14.8 Å². The van der Waals surface area contributed by atoms with Gasteiger partial charge in [0.15, 0.2) is 5.69 Å². The van der Waals surface area contributed by atoms with E-state index in [9.17, 15) is 4.79 Å². The van der Waals surface area contributed by atoms with Gasteiger partial charge in [-0.3, -0.25) is 0 Å². The third-order valence-electron chi connectivity index (χ3n) is 2.04. The molecule has 0 spiro atoms. The van der Waals surface area contributed by atoms with Crippen LogP contribution in [0.2, 0.25) is 5.02 Å². The molecule has 1 aromatic heterocycles. The molecular weight excluding hydrogens is 245 g/mol. The molecule has 0 bridgehead atoms. The van der Waals surface area contributed by atoms with Crippen LogP contribution in [-0.4, -0.2) is 21.0 Å². The number of nitrogens with two attached hydrogens (primary N) is 1. The van der Waals surface area contributed by atoms with Gasteiger partial charge in [-0.15, -0.1) is 0 Å². The minimum atomic E-state index is -1.17. The van der Waals surface area contributed by atoms with Crippen molar-refractivity contribution in [1.82, 2.24) is 9.97 Å². The number of halogens is 1. The molecule has 1 heterocycles. The van der Waals surface area contributed by atoms with E-state index in [1.807, 2.05) is 0 Å². The Kier molecular flexibility index (Phi) is 4.51. The van der Waals surface area contributed by atoms with Gasteiger partial charge in [0.2, 0.25) is 0 Å². The molecule has 0 aromatic carbocycles. The molecule has 1 aromatic rings. The van der Waals surface area contributed by atoms with Crippen LogP contribution in [0.3, 0.4) is 0 Å². The molecule has 76 valence electrons. The topological polar surface area (TPSA) is 89.1 Å². The molecule has 0 atom stereocenters. The maximum atomic E-state index is 10.7. The number of hydrogen-bond acceptors (Lipinski definition) is 4. The second-order valence-corrected chi connectivity index (χ2v) is 3.59. The van der Waals surface area contributed by atoms with E-state index in [0.717, 1.165) is 12.8 Å². The van der Waals surface area contributed by atoms with Gasteiger partial charge in [0.1, 0.15) is 16.7 Å². The zero-order chi connectivity index (χ0) is 10.3. The first kappa shape index (κ1) is 13.3. The van der Waals surface area contributed by atoms with Gasteiger partial charge in [0.05, 0.1) is 0 Å². The van der Waals surface area contributed by atoms with Crippen molar-refractivity contribution in [1.29, 1.82) is 0 Å². The number of aromatic nitrogens is 2. The Morgan fingerprint density at radius 3 is 2.60 bits per heavy atom. The second kappa shape index (κ2) is 5.07. The normalized spacial score (nSPS) is 14.5. The van der Waals surface area contributed by atoms with E-state index in [4.69, 9.17) is 22.4 Å². The zero-order valence-electron chi connectivity index (χ0n) is 9.20. The van der Waals surface area contributed by atoms with Gasteiger partial charge in [-0.1, -0.05) is 11.6 Å². The summed E-state index contributed by atoms with van der Waals surface area (Å²) in [7, 11) is 0. The number of nitrogens with zero attached hydrogens (tertiary/aromatic N) is 2. The summed E-state index contributed by atoms with van der Waals surface area (Å²) in [5.41, 5.74) is 5.27. The number of nitrogen functional groups attached to an aromatic ring is 1. The van der Waals surface area contributed by atoms with Crippen LogP contribution in [-0.2, 0) is 0 Å². The molecular formula is C8H9ClKN3O2. The van der Waals surface area contributed by atoms with E-state index in [-0.39, 0.29) is 75.3 Å². The third-order valence-corrected chi connectivity index (χ3v) is 2.41. The molecule has 0 unspecified atom stereocenters. The number of carboxylic acids is 1. The van der Waals surface area contributed by atoms with Crippen molar-refractivity contribution in [2.24, 2.45) is 0 Å². The van der Waals surface area contributed by atoms with Crippen LogP contribution in [0.15, 0.2) is 0 Å². The summed E-state index contributed by atoms with van der Waals surface area (Å²) in [6, 6.07) is 0. The van der Waals surface area contributed by atoms with Crippen molar-refractivity contribution in [3.63, 3.8) is 0 Å². The maximum Gasteiger partial charge on any atom is 1.00 e. The monoisotopic (exact) mass is 253 g/mol. The van der Waals surface area contributed by atoms with Crippen molar-refractivity contribution in [3.8, 4) is 0 Å². The Hall–Kier alpha value is 0.276.